The van der Waals surface area contributed by atoms with Crippen LogP contribution in [0, 0.1) is 11.1 Å². The molecule has 0 aliphatic carbocycles. The van der Waals surface area contributed by atoms with E-state index < -0.39 is 11.9 Å². The molecule has 0 amide bonds. The molecule has 0 aliphatic heterocycles. The van der Waals surface area contributed by atoms with Crippen molar-refractivity contribution in [2.45, 2.75) is 13.8 Å². The van der Waals surface area contributed by atoms with Gasteiger partial charge in [-0.1, -0.05) is 0 Å². The average Bonchev–Trinajstić information content (AvgIpc) is 1.60. The third kappa shape index (κ3) is 105. The number of carbonyl (C=O) groups excluding carboxylic acids is 1. The quantitative estimate of drug-likeness (QED) is 0.310. The highest BCUT2D eigenvalue weighted by atomic mass is 16.4. The van der Waals surface area contributed by atoms with Gasteiger partial charge in [0, 0.05) is 12.9 Å². The molecule has 7 nitrogen and oxygen atoms in total. The summed E-state index contributed by atoms with van der Waals surface area (Å²) in [7, 11) is 0. The number of hydrogen-bond acceptors (Lipinski definition) is 5. The molecular weight excluding hydrogens is 154 g/mol. The van der Waals surface area contributed by atoms with Crippen LogP contribution in [0.25, 0.3) is 0 Å². The number of hydrogen-bond donors (Lipinski definition) is 3. The second kappa shape index (κ2) is 15.7. The fourth-order valence-electron chi connectivity index (χ4n) is 0. The van der Waals surface area contributed by atoms with Gasteiger partial charge < -0.3 is 15.0 Å². The monoisotopic (exact) mass is 163 g/mol. The molecule has 0 heterocycles. The lowest BCUT2D eigenvalue weighted by molar-refractivity contribution is -0.302. The number of carboxylic acid groups (broad SMARTS) is 2. The van der Waals surface area contributed by atoms with Crippen LogP contribution in [0.1, 0.15) is 13.8 Å². The normalized spacial score (nSPS) is 5.27. The summed E-state index contributed by atoms with van der Waals surface area (Å²) in [4.78, 5) is 19.9. The molecule has 0 fully saturated rings. The van der Waals surface area contributed by atoms with E-state index in [0.717, 1.165) is 13.8 Å². The Balaban J connectivity index is -0.0000000886. The van der Waals surface area contributed by atoms with Crippen LogP contribution >= 0.6 is 0 Å². The van der Waals surface area contributed by atoms with Crippen LogP contribution in [0.3, 0.4) is 0 Å². The van der Waals surface area contributed by atoms with Gasteiger partial charge in [-0.3, -0.25) is 4.79 Å². The van der Waals surface area contributed by atoms with Crippen molar-refractivity contribution in [3.8, 4) is 0 Å². The first kappa shape index (κ1) is 16.1. The van der Waals surface area contributed by atoms with Crippen molar-refractivity contribution in [2.24, 2.45) is 0 Å². The summed E-state index contributed by atoms with van der Waals surface area (Å²) in [5.41, 5.74) is 11.0. The highest BCUT2D eigenvalue weighted by Crippen LogP contribution is 1.42. The fraction of sp³-hybridized carbons (Fsp3) is 0.500. The van der Waals surface area contributed by atoms with Gasteiger partial charge in [0.05, 0.1) is 0 Å². The Morgan fingerprint density at radius 1 is 1.36 bits per heavy atom. The molecule has 0 bridgehead atoms. The molecule has 64 valence electrons. The third-order valence-electron chi connectivity index (χ3n) is 0. The van der Waals surface area contributed by atoms with Crippen LogP contribution in [0.5, 0.6) is 0 Å². The Hall–Kier alpha value is -1.75. The van der Waals surface area contributed by atoms with Gasteiger partial charge in [0.25, 0.3) is 5.97 Å². The molecule has 0 saturated heterocycles. The van der Waals surface area contributed by atoms with Crippen molar-refractivity contribution in [3.63, 3.8) is 0 Å². The lowest BCUT2D eigenvalue weighted by atomic mass is 10.9. The minimum absolute atomic E-state index is 0.833. The van der Waals surface area contributed by atoms with Gasteiger partial charge in [-0.2, -0.15) is 0 Å². The maximum Gasteiger partial charge on any atom is 0.300 e. The standard InChI is InChI=1S/2C2H4O2.H2N3/c2*1-2(3)4;1-3-2/h2*1H3,(H,3,4);1-2H/q;;+1/p-1. The second-order valence-corrected chi connectivity index (χ2v) is 1.12. The number of carboxylic acids is 2. The third-order valence-corrected chi connectivity index (χ3v) is 0. The van der Waals surface area contributed by atoms with E-state index in [4.69, 9.17) is 30.9 Å². The maximum atomic E-state index is 9.00. The van der Waals surface area contributed by atoms with E-state index in [9.17, 15) is 0 Å². The lowest BCUT2D eigenvalue weighted by Crippen LogP contribution is -2.16. The molecule has 0 aromatic carbocycles. The summed E-state index contributed by atoms with van der Waals surface area (Å²) in [5, 5.41) is 16.3. The SMILES string of the molecule is CC(=O)O.CC(=O)[O-].N=[N+]=N. The van der Waals surface area contributed by atoms with Crippen molar-refractivity contribution < 1.29 is 19.8 Å². The summed E-state index contributed by atoms with van der Waals surface area (Å²) in [5.74, 6) is -1.92. The molecule has 0 aromatic heterocycles. The molecule has 0 atom stereocenters. The number of rotatable bonds is 0. The number of nitrogens with zero attached hydrogens (tertiary/aromatic N) is 1. The van der Waals surface area contributed by atoms with Crippen molar-refractivity contribution in [3.05, 3.63) is 0 Å². The van der Waals surface area contributed by atoms with Crippen LogP contribution in [-0.4, -0.2) is 17.0 Å². The van der Waals surface area contributed by atoms with Gasteiger partial charge in [-0.05, 0) is 6.92 Å². The van der Waals surface area contributed by atoms with Crippen molar-refractivity contribution in [2.75, 3.05) is 0 Å². The number of nitrogens with one attached hydrogen (secondary N) is 2. The number of aliphatic carboxylic acids is 2. The Kier molecular flexibility index (Phi) is 23.1. The predicted molar refractivity (Wildman–Crippen MR) is 31.6 cm³/mol. The second-order valence-electron chi connectivity index (χ2n) is 1.12. The summed E-state index contributed by atoms with van der Waals surface area (Å²) in [6.45, 7) is 2.06. The first-order valence-corrected chi connectivity index (χ1v) is 2.28. The van der Waals surface area contributed by atoms with E-state index in [1.807, 2.05) is 4.91 Å². The highest BCUT2D eigenvalue weighted by Gasteiger charge is 1.65. The van der Waals surface area contributed by atoms with Crippen molar-refractivity contribution in [1.82, 2.24) is 4.91 Å². The first-order valence-electron chi connectivity index (χ1n) is 2.28. The average molecular weight is 163 g/mol. The maximum absolute atomic E-state index is 9.00. The fourth-order valence-corrected chi connectivity index (χ4v) is 0. The minimum Gasteiger partial charge on any atom is -0.550 e. The summed E-state index contributed by atoms with van der Waals surface area (Å²) >= 11 is 0. The molecule has 7 heteroatoms. The van der Waals surface area contributed by atoms with E-state index in [1.54, 1.807) is 0 Å². The van der Waals surface area contributed by atoms with Crippen LogP contribution in [0.2, 0.25) is 0 Å². The molecule has 3 N–H and O–H groups in total. The Labute approximate surface area is 62.7 Å². The molecule has 0 radical (unpaired) electrons. The van der Waals surface area contributed by atoms with E-state index in [1.165, 1.54) is 0 Å². The highest BCUT2D eigenvalue weighted by molar-refractivity contribution is 5.62. The van der Waals surface area contributed by atoms with Gasteiger partial charge in [-0.25, -0.2) is 0 Å². The zero-order chi connectivity index (χ0) is 9.86. The molecule has 0 aromatic rings. The molecule has 0 aliphatic rings. The largest absolute Gasteiger partial charge is 0.550 e. The Morgan fingerprint density at radius 3 is 1.36 bits per heavy atom. The van der Waals surface area contributed by atoms with Gasteiger partial charge in [0.15, 0.2) is 0 Å². The molecule has 11 heavy (non-hydrogen) atoms. The van der Waals surface area contributed by atoms with Crippen molar-refractivity contribution >= 4 is 11.9 Å². The summed E-state index contributed by atoms with van der Waals surface area (Å²) < 4.78 is 0. The minimum atomic E-state index is -1.08. The van der Waals surface area contributed by atoms with Gasteiger partial charge in [0.2, 0.25) is 4.91 Å². The van der Waals surface area contributed by atoms with Gasteiger partial charge in [0.1, 0.15) is 11.1 Å². The Morgan fingerprint density at radius 2 is 1.36 bits per heavy atom. The zero-order valence-corrected chi connectivity index (χ0v) is 6.12. The molecular formula is C4H9N3O4. The smallest absolute Gasteiger partial charge is 0.300 e. The lowest BCUT2D eigenvalue weighted by Gasteiger charge is -1.77. The Bertz CT molecular complexity index is 129. The first-order chi connectivity index (χ1) is 4.88. The zero-order valence-electron chi connectivity index (χ0n) is 6.12. The van der Waals surface area contributed by atoms with Crippen LogP contribution in [-0.2, 0) is 9.59 Å². The van der Waals surface area contributed by atoms with Gasteiger partial charge >= 0.3 is 0 Å². The topological polar surface area (TPSA) is 139 Å². The van der Waals surface area contributed by atoms with Crippen LogP contribution in [0.15, 0.2) is 0 Å². The molecule has 0 rings (SSSR count). The van der Waals surface area contributed by atoms with E-state index in [-0.39, 0.29) is 0 Å². The summed E-state index contributed by atoms with van der Waals surface area (Å²) in [6.07, 6.45) is 0. The summed E-state index contributed by atoms with van der Waals surface area (Å²) in [6, 6.07) is 0. The van der Waals surface area contributed by atoms with Crippen LogP contribution < -0.4 is 10.0 Å². The molecule has 0 spiro atoms. The molecule has 0 saturated carbocycles. The van der Waals surface area contributed by atoms with Gasteiger partial charge in [-0.15, -0.1) is 0 Å². The predicted octanol–water partition coefficient (Wildman–Crippen LogP) is -1.04. The van der Waals surface area contributed by atoms with E-state index in [0.29, 0.717) is 0 Å². The van der Waals surface area contributed by atoms with Crippen molar-refractivity contribution in [1.29, 1.82) is 11.1 Å². The van der Waals surface area contributed by atoms with E-state index in [2.05, 4.69) is 0 Å². The van der Waals surface area contributed by atoms with E-state index >= 15 is 0 Å². The van der Waals surface area contributed by atoms with Crippen LogP contribution in [0.4, 0.5) is 0 Å². The molecule has 0 unspecified atom stereocenters. The number of carbonyl (C=O) groups is 2.